The van der Waals surface area contributed by atoms with Crippen molar-refractivity contribution in [3.8, 4) is 6.07 Å². The Morgan fingerprint density at radius 1 is 1.60 bits per heavy atom. The Morgan fingerprint density at radius 2 is 2.20 bits per heavy atom. The van der Waals surface area contributed by atoms with Crippen LogP contribution < -0.4 is 0 Å². The van der Waals surface area contributed by atoms with E-state index < -0.39 is 11.1 Å². The normalized spacial score (nSPS) is 25.4. The quantitative estimate of drug-likeness (QED) is 0.667. The van der Waals surface area contributed by atoms with Gasteiger partial charge in [0.15, 0.2) is 0 Å². The molecule has 0 radical (unpaired) electrons. The summed E-state index contributed by atoms with van der Waals surface area (Å²) in [6.07, 6.45) is 1.03. The predicted molar refractivity (Wildman–Crippen MR) is 56.2 cm³/mol. The van der Waals surface area contributed by atoms with Crippen molar-refractivity contribution in [3.63, 3.8) is 0 Å². The van der Waals surface area contributed by atoms with E-state index in [2.05, 4.69) is 6.07 Å². The molecule has 0 spiro atoms. The number of carbonyl (C=O) groups is 1. The summed E-state index contributed by atoms with van der Waals surface area (Å²) in [5.41, 5.74) is -1.12. The molecule has 15 heavy (non-hydrogen) atoms. The molecule has 1 heterocycles. The third-order valence-corrected chi connectivity index (χ3v) is 2.67. The molecule has 1 rings (SSSR count). The lowest BCUT2D eigenvalue weighted by Crippen LogP contribution is -2.61. The molecule has 4 nitrogen and oxygen atoms in total. The molecular formula is C11H18N2O2. The van der Waals surface area contributed by atoms with Crippen LogP contribution in [0.15, 0.2) is 0 Å². The third-order valence-electron chi connectivity index (χ3n) is 2.67. The Kier molecular flexibility index (Phi) is 2.94. The van der Waals surface area contributed by atoms with Gasteiger partial charge in [0.2, 0.25) is 0 Å². The van der Waals surface area contributed by atoms with Crippen LogP contribution in [-0.4, -0.2) is 28.7 Å². The van der Waals surface area contributed by atoms with E-state index in [1.807, 2.05) is 27.7 Å². The van der Waals surface area contributed by atoms with Gasteiger partial charge in [0.1, 0.15) is 11.1 Å². The Labute approximate surface area is 90.8 Å². The highest BCUT2D eigenvalue weighted by molar-refractivity contribution is 5.71. The first kappa shape index (κ1) is 11.8. The van der Waals surface area contributed by atoms with Crippen molar-refractivity contribution in [2.24, 2.45) is 0 Å². The maximum Gasteiger partial charge on any atom is 0.411 e. The average Bonchev–Trinajstić information content (AvgIpc) is 2.01. The summed E-state index contributed by atoms with van der Waals surface area (Å²) in [4.78, 5) is 13.3. The van der Waals surface area contributed by atoms with Crippen LogP contribution in [0.4, 0.5) is 4.79 Å². The molecule has 0 aromatic rings. The molecule has 0 saturated carbocycles. The van der Waals surface area contributed by atoms with Crippen molar-refractivity contribution in [1.29, 1.82) is 5.26 Å². The van der Waals surface area contributed by atoms with E-state index in [1.165, 1.54) is 4.90 Å². The zero-order chi connectivity index (χ0) is 11.7. The second-order valence-electron chi connectivity index (χ2n) is 4.88. The average molecular weight is 210 g/mol. The second kappa shape index (κ2) is 3.73. The lowest BCUT2D eigenvalue weighted by atomic mass is 9.84. The molecule has 1 amide bonds. The number of rotatable bonds is 1. The van der Waals surface area contributed by atoms with Crippen LogP contribution >= 0.6 is 0 Å². The number of hydrogen-bond donors (Lipinski definition) is 0. The number of ether oxygens (including phenoxy) is 1. The molecule has 1 saturated heterocycles. The fraction of sp³-hybridized carbons (Fsp3) is 0.818. The van der Waals surface area contributed by atoms with Gasteiger partial charge in [-0.3, -0.25) is 4.90 Å². The summed E-state index contributed by atoms with van der Waals surface area (Å²) < 4.78 is 5.24. The highest BCUT2D eigenvalue weighted by Gasteiger charge is 2.48. The van der Waals surface area contributed by atoms with Crippen molar-refractivity contribution in [2.45, 2.75) is 51.7 Å². The fourth-order valence-corrected chi connectivity index (χ4v) is 1.64. The molecule has 4 heteroatoms. The summed E-state index contributed by atoms with van der Waals surface area (Å²) in [5, 5.41) is 9.05. The number of nitriles is 1. The van der Waals surface area contributed by atoms with Gasteiger partial charge in [0.25, 0.3) is 0 Å². The molecule has 0 N–H and O–H groups in total. The smallest absolute Gasteiger partial charge is 0.411 e. The van der Waals surface area contributed by atoms with Gasteiger partial charge in [-0.05, 0) is 27.2 Å². The zero-order valence-electron chi connectivity index (χ0n) is 9.83. The number of likely N-dealkylation sites (tertiary alicyclic amines) is 1. The first-order valence-electron chi connectivity index (χ1n) is 5.26. The zero-order valence-corrected chi connectivity index (χ0v) is 9.83. The lowest BCUT2D eigenvalue weighted by molar-refractivity contribution is -0.0254. The largest absolute Gasteiger partial charge is 0.444 e. The standard InChI is InChI=1S/C11H18N2O2/c1-5-11(8-12)6-7-13(11)9(14)15-10(2,3)4/h5-7H2,1-4H3. The van der Waals surface area contributed by atoms with Crippen molar-refractivity contribution in [3.05, 3.63) is 0 Å². The summed E-state index contributed by atoms with van der Waals surface area (Å²) in [6, 6.07) is 2.21. The van der Waals surface area contributed by atoms with E-state index in [9.17, 15) is 4.79 Å². The van der Waals surface area contributed by atoms with Gasteiger partial charge < -0.3 is 4.74 Å². The molecule has 1 atom stereocenters. The van der Waals surface area contributed by atoms with E-state index >= 15 is 0 Å². The SMILES string of the molecule is CCC1(C#N)CCN1C(=O)OC(C)(C)C. The number of nitrogens with zero attached hydrogens (tertiary/aromatic N) is 2. The van der Waals surface area contributed by atoms with E-state index in [0.29, 0.717) is 13.0 Å². The van der Waals surface area contributed by atoms with Gasteiger partial charge >= 0.3 is 6.09 Å². The van der Waals surface area contributed by atoms with Gasteiger partial charge in [-0.15, -0.1) is 0 Å². The van der Waals surface area contributed by atoms with Crippen LogP contribution in [0.2, 0.25) is 0 Å². The van der Waals surface area contributed by atoms with Gasteiger partial charge in [-0.2, -0.15) is 5.26 Å². The van der Waals surface area contributed by atoms with Crippen molar-refractivity contribution in [1.82, 2.24) is 4.90 Å². The third kappa shape index (κ3) is 2.23. The monoisotopic (exact) mass is 210 g/mol. The van der Waals surface area contributed by atoms with Gasteiger partial charge in [-0.25, -0.2) is 4.79 Å². The van der Waals surface area contributed by atoms with Crippen molar-refractivity contribution in [2.75, 3.05) is 6.54 Å². The van der Waals surface area contributed by atoms with Crippen LogP contribution in [0.25, 0.3) is 0 Å². The van der Waals surface area contributed by atoms with Crippen LogP contribution in [0, 0.1) is 11.3 Å². The van der Waals surface area contributed by atoms with E-state index in [4.69, 9.17) is 10.00 Å². The summed E-state index contributed by atoms with van der Waals surface area (Å²) in [6.45, 7) is 8.01. The van der Waals surface area contributed by atoms with Gasteiger partial charge in [-0.1, -0.05) is 6.92 Å². The van der Waals surface area contributed by atoms with Crippen LogP contribution in [-0.2, 0) is 4.74 Å². The Bertz CT molecular complexity index is 297. The predicted octanol–water partition coefficient (Wildman–Crippen LogP) is 2.30. The van der Waals surface area contributed by atoms with E-state index in [0.717, 1.165) is 6.42 Å². The molecular weight excluding hydrogens is 192 g/mol. The minimum Gasteiger partial charge on any atom is -0.444 e. The minimum absolute atomic E-state index is 0.378. The number of amides is 1. The molecule has 0 aromatic heterocycles. The van der Waals surface area contributed by atoms with E-state index in [1.54, 1.807) is 0 Å². The maximum atomic E-state index is 11.7. The molecule has 1 aliphatic rings. The van der Waals surface area contributed by atoms with Crippen LogP contribution in [0.1, 0.15) is 40.5 Å². The lowest BCUT2D eigenvalue weighted by Gasteiger charge is -2.47. The molecule has 1 unspecified atom stereocenters. The summed E-state index contributed by atoms with van der Waals surface area (Å²) in [7, 11) is 0. The van der Waals surface area contributed by atoms with Gasteiger partial charge in [0, 0.05) is 13.0 Å². The molecule has 0 aromatic carbocycles. The Balaban J connectivity index is 2.67. The first-order valence-corrected chi connectivity index (χ1v) is 5.26. The van der Waals surface area contributed by atoms with E-state index in [-0.39, 0.29) is 6.09 Å². The molecule has 1 aliphatic heterocycles. The number of carbonyl (C=O) groups excluding carboxylic acids is 1. The maximum absolute atomic E-state index is 11.7. The Morgan fingerprint density at radius 3 is 2.47 bits per heavy atom. The van der Waals surface area contributed by atoms with Crippen molar-refractivity contribution < 1.29 is 9.53 Å². The molecule has 1 fully saturated rings. The fourth-order valence-electron chi connectivity index (χ4n) is 1.64. The molecule has 84 valence electrons. The second-order valence-corrected chi connectivity index (χ2v) is 4.88. The van der Waals surface area contributed by atoms with Crippen LogP contribution in [0.3, 0.4) is 0 Å². The van der Waals surface area contributed by atoms with Gasteiger partial charge in [0.05, 0.1) is 6.07 Å². The highest BCUT2D eigenvalue weighted by atomic mass is 16.6. The first-order chi connectivity index (χ1) is 6.84. The topological polar surface area (TPSA) is 53.3 Å². The molecule has 0 aliphatic carbocycles. The Hall–Kier alpha value is -1.24. The summed E-state index contributed by atoms with van der Waals surface area (Å²) in [5.74, 6) is 0. The van der Waals surface area contributed by atoms with Crippen LogP contribution in [0.5, 0.6) is 0 Å². The minimum atomic E-state index is -0.623. The summed E-state index contributed by atoms with van der Waals surface area (Å²) >= 11 is 0. The molecule has 0 bridgehead atoms. The number of hydrogen-bond acceptors (Lipinski definition) is 3. The van der Waals surface area contributed by atoms with Crippen molar-refractivity contribution >= 4 is 6.09 Å². The highest BCUT2D eigenvalue weighted by Crippen LogP contribution is 2.34.